The number of nitrogens with two attached hydrogens (primary N) is 1. The van der Waals surface area contributed by atoms with Crippen molar-refractivity contribution in [2.75, 3.05) is 13.1 Å². The van der Waals surface area contributed by atoms with E-state index < -0.39 is 41.1 Å². The minimum Gasteiger partial charge on any atom is -0.353 e. The van der Waals surface area contributed by atoms with Crippen molar-refractivity contribution in [3.05, 3.63) is 0 Å². The third-order valence-electron chi connectivity index (χ3n) is 4.29. The molecule has 10 heteroatoms. The van der Waals surface area contributed by atoms with Crippen LogP contribution in [0.1, 0.15) is 54.4 Å². The molecule has 0 radical (unpaired) electrons. The molecule has 3 atom stereocenters. The van der Waals surface area contributed by atoms with E-state index in [1.165, 1.54) is 5.48 Å². The summed E-state index contributed by atoms with van der Waals surface area (Å²) in [6.07, 6.45) is 0.215. The molecule has 0 bridgehead atoms. The van der Waals surface area contributed by atoms with Gasteiger partial charge < -0.3 is 21.7 Å². The van der Waals surface area contributed by atoms with E-state index in [9.17, 15) is 19.2 Å². The minimum absolute atomic E-state index is 0.130. The Hall–Kier alpha value is -2.20. The lowest BCUT2D eigenvalue weighted by molar-refractivity contribution is -0.138. The van der Waals surface area contributed by atoms with Crippen molar-refractivity contribution in [1.82, 2.24) is 21.4 Å². The summed E-state index contributed by atoms with van der Waals surface area (Å²) in [5.74, 6) is -2.59. The van der Waals surface area contributed by atoms with Gasteiger partial charge in [-0.15, -0.1) is 0 Å². The van der Waals surface area contributed by atoms with Crippen molar-refractivity contribution in [2.45, 2.75) is 66.5 Å². The van der Waals surface area contributed by atoms with Gasteiger partial charge >= 0.3 is 0 Å². The highest BCUT2D eigenvalue weighted by atomic mass is 16.5. The molecule has 0 aliphatic heterocycles. The van der Waals surface area contributed by atoms with Gasteiger partial charge in [-0.05, 0) is 24.7 Å². The van der Waals surface area contributed by atoms with E-state index in [-0.39, 0.29) is 24.8 Å². The van der Waals surface area contributed by atoms with E-state index in [1.54, 1.807) is 27.7 Å². The standard InChI is InChI=1S/C19H37N5O5/c1-11(2)9-13(10-14(25)24-29)17(27)23-15(19(4,5)6)18(28)22-12(3)16(26)21-8-7-20/h11-13,15,29H,7-10,20H2,1-6H3,(H,21,26)(H,22,28)(H,23,27)(H,24,25)/t12-,13+,15+/m0/s1. The summed E-state index contributed by atoms with van der Waals surface area (Å²) < 4.78 is 0. The molecular weight excluding hydrogens is 378 g/mol. The molecule has 0 unspecified atom stereocenters. The average molecular weight is 416 g/mol. The van der Waals surface area contributed by atoms with Crippen LogP contribution in [-0.4, -0.2) is 54.0 Å². The zero-order chi connectivity index (χ0) is 22.8. The Morgan fingerprint density at radius 3 is 2.00 bits per heavy atom. The van der Waals surface area contributed by atoms with Crippen molar-refractivity contribution in [1.29, 1.82) is 0 Å². The Balaban J connectivity index is 5.30. The smallest absolute Gasteiger partial charge is 0.244 e. The average Bonchev–Trinajstić information content (AvgIpc) is 2.61. The number of hydrogen-bond donors (Lipinski definition) is 6. The fourth-order valence-corrected chi connectivity index (χ4v) is 2.77. The lowest BCUT2D eigenvalue weighted by atomic mass is 9.84. The molecule has 168 valence electrons. The van der Waals surface area contributed by atoms with Gasteiger partial charge in [0.2, 0.25) is 23.6 Å². The molecule has 0 aliphatic rings. The molecule has 10 nitrogen and oxygen atoms in total. The van der Waals surface area contributed by atoms with Gasteiger partial charge in [-0.3, -0.25) is 24.4 Å². The largest absolute Gasteiger partial charge is 0.353 e. The summed E-state index contributed by atoms with van der Waals surface area (Å²) >= 11 is 0. The molecule has 0 aromatic heterocycles. The zero-order valence-electron chi connectivity index (χ0n) is 18.3. The topological polar surface area (TPSA) is 163 Å². The second-order valence-electron chi connectivity index (χ2n) is 8.68. The normalized spacial score (nSPS) is 14.5. The highest BCUT2D eigenvalue weighted by molar-refractivity contribution is 5.93. The molecular formula is C19H37N5O5. The van der Waals surface area contributed by atoms with Crippen LogP contribution < -0.4 is 27.2 Å². The Kier molecular flexibility index (Phi) is 11.4. The lowest BCUT2D eigenvalue weighted by Gasteiger charge is -2.32. The van der Waals surface area contributed by atoms with Crippen molar-refractivity contribution in [3.8, 4) is 0 Å². The third kappa shape index (κ3) is 10.2. The Morgan fingerprint density at radius 2 is 1.55 bits per heavy atom. The molecule has 0 heterocycles. The monoisotopic (exact) mass is 415 g/mol. The number of hydrogen-bond acceptors (Lipinski definition) is 6. The van der Waals surface area contributed by atoms with Crippen LogP contribution in [0.5, 0.6) is 0 Å². The van der Waals surface area contributed by atoms with E-state index >= 15 is 0 Å². The Bertz CT molecular complexity index is 574. The number of rotatable bonds is 11. The van der Waals surface area contributed by atoms with Gasteiger partial charge in [-0.2, -0.15) is 0 Å². The molecule has 29 heavy (non-hydrogen) atoms. The fourth-order valence-electron chi connectivity index (χ4n) is 2.77. The summed E-state index contributed by atoms with van der Waals surface area (Å²) in [4.78, 5) is 49.1. The van der Waals surface area contributed by atoms with Crippen LogP contribution in [0.25, 0.3) is 0 Å². The van der Waals surface area contributed by atoms with Crippen molar-refractivity contribution < 1.29 is 24.4 Å². The SMILES string of the molecule is CC(C)C[C@H](CC(=O)NO)C(=O)N[C@H](C(=O)N[C@@H](C)C(=O)NCCN)C(C)(C)C. The highest BCUT2D eigenvalue weighted by Gasteiger charge is 2.36. The molecule has 0 rings (SSSR count). The summed E-state index contributed by atoms with van der Waals surface area (Å²) in [7, 11) is 0. The summed E-state index contributed by atoms with van der Waals surface area (Å²) in [5.41, 5.74) is 6.24. The van der Waals surface area contributed by atoms with Crippen molar-refractivity contribution in [3.63, 3.8) is 0 Å². The molecule has 0 aromatic carbocycles. The first-order valence-electron chi connectivity index (χ1n) is 9.84. The maximum absolute atomic E-state index is 12.8. The molecule has 7 N–H and O–H groups in total. The molecule has 4 amide bonds. The number of nitrogens with one attached hydrogen (secondary N) is 4. The van der Waals surface area contributed by atoms with Crippen molar-refractivity contribution in [2.24, 2.45) is 23.0 Å². The Morgan fingerprint density at radius 1 is 0.966 bits per heavy atom. The number of carbonyl (C=O) groups excluding carboxylic acids is 4. The zero-order valence-corrected chi connectivity index (χ0v) is 18.3. The fraction of sp³-hybridized carbons (Fsp3) is 0.789. The third-order valence-corrected chi connectivity index (χ3v) is 4.29. The van der Waals surface area contributed by atoms with Crippen LogP contribution in [0.2, 0.25) is 0 Å². The lowest BCUT2D eigenvalue weighted by Crippen LogP contribution is -2.58. The van der Waals surface area contributed by atoms with Crippen LogP contribution in [0.15, 0.2) is 0 Å². The predicted molar refractivity (Wildman–Crippen MR) is 109 cm³/mol. The molecule has 0 saturated heterocycles. The molecule has 0 saturated carbocycles. The van der Waals surface area contributed by atoms with Crippen LogP contribution in [0.4, 0.5) is 0 Å². The van der Waals surface area contributed by atoms with E-state index in [4.69, 9.17) is 10.9 Å². The van der Waals surface area contributed by atoms with Crippen LogP contribution in [-0.2, 0) is 19.2 Å². The number of carbonyl (C=O) groups is 4. The molecule has 0 spiro atoms. The highest BCUT2D eigenvalue weighted by Crippen LogP contribution is 2.22. The summed E-state index contributed by atoms with van der Waals surface area (Å²) in [6, 6.07) is -1.73. The molecule has 0 aromatic rings. The predicted octanol–water partition coefficient (Wildman–Crippen LogP) is -0.345. The second-order valence-corrected chi connectivity index (χ2v) is 8.68. The van der Waals surface area contributed by atoms with Gasteiger partial charge in [0.25, 0.3) is 0 Å². The van der Waals surface area contributed by atoms with Gasteiger partial charge in [0, 0.05) is 25.4 Å². The summed E-state index contributed by atoms with van der Waals surface area (Å²) in [6.45, 7) is 11.3. The van der Waals surface area contributed by atoms with Gasteiger partial charge in [0.15, 0.2) is 0 Å². The van der Waals surface area contributed by atoms with E-state index in [2.05, 4.69) is 16.0 Å². The van der Waals surface area contributed by atoms with Crippen LogP contribution in [0.3, 0.4) is 0 Å². The van der Waals surface area contributed by atoms with E-state index in [0.717, 1.165) is 0 Å². The maximum atomic E-state index is 12.8. The van der Waals surface area contributed by atoms with Crippen LogP contribution >= 0.6 is 0 Å². The molecule has 0 aliphatic carbocycles. The van der Waals surface area contributed by atoms with Gasteiger partial charge in [0.1, 0.15) is 12.1 Å². The maximum Gasteiger partial charge on any atom is 0.244 e. The molecule has 0 fully saturated rings. The van der Waals surface area contributed by atoms with Gasteiger partial charge in [-0.25, -0.2) is 5.48 Å². The van der Waals surface area contributed by atoms with Gasteiger partial charge in [-0.1, -0.05) is 34.6 Å². The first kappa shape index (κ1) is 26.8. The van der Waals surface area contributed by atoms with E-state index in [0.29, 0.717) is 13.0 Å². The Labute approximate surface area is 172 Å². The summed E-state index contributed by atoms with van der Waals surface area (Å²) in [5, 5.41) is 16.7. The van der Waals surface area contributed by atoms with Crippen molar-refractivity contribution >= 4 is 23.6 Å². The quantitative estimate of drug-likeness (QED) is 0.200. The number of hydroxylamine groups is 1. The van der Waals surface area contributed by atoms with Crippen LogP contribution in [0, 0.1) is 17.3 Å². The second kappa shape index (κ2) is 12.4. The van der Waals surface area contributed by atoms with Gasteiger partial charge in [0.05, 0.1) is 0 Å². The van der Waals surface area contributed by atoms with E-state index in [1.807, 2.05) is 13.8 Å². The first-order chi connectivity index (χ1) is 13.3. The first-order valence-corrected chi connectivity index (χ1v) is 9.84. The number of amides is 4. The minimum atomic E-state index is -0.924.